The number of aliphatic hydroxyl groups is 1. The Balaban J connectivity index is 1.73. The average Bonchev–Trinajstić information content (AvgIpc) is 2.97. The third kappa shape index (κ3) is 3.40. The molecule has 0 radical (unpaired) electrons. The normalized spacial score (nSPS) is 29.7. The molecule has 3 atom stereocenters. The summed E-state index contributed by atoms with van der Waals surface area (Å²) < 4.78 is 11.0. The van der Waals surface area contributed by atoms with Crippen LogP contribution in [-0.2, 0) is 11.3 Å². The number of benzene rings is 1. The maximum atomic E-state index is 10.3. The standard InChI is InChI=1S/C17H24ClNO3/c1-21-17-9-13(18)5-4-12(17)10-19-7-2-3-15(19)14-11-22-8-6-16(14)20/h4-5,9,14-16,20H,2-3,6-8,10-11H2,1H3/t14-,15-,16+/m1/s1. The summed E-state index contributed by atoms with van der Waals surface area (Å²) in [6.07, 6.45) is 2.80. The van der Waals surface area contributed by atoms with Gasteiger partial charge in [0.2, 0.25) is 0 Å². The molecule has 0 spiro atoms. The van der Waals surface area contributed by atoms with Crippen molar-refractivity contribution in [1.82, 2.24) is 4.90 Å². The monoisotopic (exact) mass is 325 g/mol. The molecule has 0 aliphatic carbocycles. The van der Waals surface area contributed by atoms with E-state index in [2.05, 4.69) is 4.90 Å². The van der Waals surface area contributed by atoms with Gasteiger partial charge < -0.3 is 14.6 Å². The van der Waals surface area contributed by atoms with Crippen LogP contribution in [-0.4, -0.2) is 49.0 Å². The van der Waals surface area contributed by atoms with E-state index in [1.807, 2.05) is 18.2 Å². The molecule has 1 aromatic rings. The number of aliphatic hydroxyl groups excluding tert-OH is 1. The number of ether oxygens (including phenoxy) is 2. The summed E-state index contributed by atoms with van der Waals surface area (Å²) in [7, 11) is 1.68. The minimum atomic E-state index is -0.244. The second-order valence-corrected chi connectivity index (χ2v) is 6.67. The lowest BCUT2D eigenvalue weighted by Crippen LogP contribution is -2.45. The zero-order valence-corrected chi connectivity index (χ0v) is 13.8. The average molecular weight is 326 g/mol. The van der Waals surface area contributed by atoms with Crippen LogP contribution in [0.25, 0.3) is 0 Å². The van der Waals surface area contributed by atoms with Crippen LogP contribution >= 0.6 is 11.6 Å². The van der Waals surface area contributed by atoms with Crippen molar-refractivity contribution in [2.75, 3.05) is 26.9 Å². The lowest BCUT2D eigenvalue weighted by atomic mass is 9.89. The molecule has 2 aliphatic heterocycles. The minimum absolute atomic E-state index is 0.217. The van der Waals surface area contributed by atoms with Gasteiger partial charge in [-0.3, -0.25) is 4.90 Å². The van der Waals surface area contributed by atoms with E-state index >= 15 is 0 Å². The highest BCUT2D eigenvalue weighted by molar-refractivity contribution is 6.30. The lowest BCUT2D eigenvalue weighted by Gasteiger charge is -2.37. The van der Waals surface area contributed by atoms with Gasteiger partial charge in [0.15, 0.2) is 0 Å². The first-order valence-corrected chi connectivity index (χ1v) is 8.39. The third-order valence-corrected chi connectivity index (χ3v) is 5.13. The Labute approximate surface area is 137 Å². The first-order valence-electron chi connectivity index (χ1n) is 8.01. The van der Waals surface area contributed by atoms with Crippen LogP contribution in [0, 0.1) is 5.92 Å². The van der Waals surface area contributed by atoms with Crippen molar-refractivity contribution in [1.29, 1.82) is 0 Å². The molecule has 2 aliphatic rings. The van der Waals surface area contributed by atoms with Gasteiger partial charge in [-0.25, -0.2) is 0 Å². The highest BCUT2D eigenvalue weighted by Crippen LogP contribution is 2.33. The summed E-state index contributed by atoms with van der Waals surface area (Å²) >= 11 is 6.04. The predicted octanol–water partition coefficient (Wildman–Crippen LogP) is 2.71. The molecular formula is C17H24ClNO3. The molecule has 1 aromatic carbocycles. The molecule has 5 heteroatoms. The maximum absolute atomic E-state index is 10.3. The second-order valence-electron chi connectivity index (χ2n) is 6.23. The molecule has 4 nitrogen and oxygen atoms in total. The third-order valence-electron chi connectivity index (χ3n) is 4.89. The van der Waals surface area contributed by atoms with Gasteiger partial charge in [-0.2, -0.15) is 0 Å². The molecule has 0 aromatic heterocycles. The van der Waals surface area contributed by atoms with Crippen molar-refractivity contribution >= 4 is 11.6 Å². The van der Waals surface area contributed by atoms with E-state index in [0.29, 0.717) is 24.3 Å². The van der Waals surface area contributed by atoms with E-state index in [4.69, 9.17) is 21.1 Å². The van der Waals surface area contributed by atoms with Crippen LogP contribution < -0.4 is 4.74 Å². The molecule has 0 amide bonds. The number of methoxy groups -OCH3 is 1. The predicted molar refractivity (Wildman–Crippen MR) is 86.4 cm³/mol. The summed E-state index contributed by atoms with van der Waals surface area (Å²) in [6.45, 7) is 3.23. The van der Waals surface area contributed by atoms with Crippen molar-refractivity contribution in [2.45, 2.75) is 38.0 Å². The van der Waals surface area contributed by atoms with E-state index < -0.39 is 0 Å². The molecule has 0 bridgehead atoms. The number of hydrogen-bond acceptors (Lipinski definition) is 4. The molecule has 3 rings (SSSR count). The van der Waals surface area contributed by atoms with Crippen molar-refractivity contribution < 1.29 is 14.6 Å². The Morgan fingerprint density at radius 3 is 3.05 bits per heavy atom. The number of halogens is 1. The Kier molecular flexibility index (Phi) is 5.24. The number of rotatable bonds is 4. The Hall–Kier alpha value is -0.810. The van der Waals surface area contributed by atoms with Gasteiger partial charge in [0.1, 0.15) is 5.75 Å². The summed E-state index contributed by atoms with van der Waals surface area (Å²) in [4.78, 5) is 2.45. The molecular weight excluding hydrogens is 302 g/mol. The quantitative estimate of drug-likeness (QED) is 0.924. The fourth-order valence-corrected chi connectivity index (χ4v) is 3.88. The lowest BCUT2D eigenvalue weighted by molar-refractivity contribution is -0.0636. The minimum Gasteiger partial charge on any atom is -0.496 e. The molecule has 2 saturated heterocycles. The van der Waals surface area contributed by atoms with Gasteiger partial charge in [-0.05, 0) is 37.9 Å². The first-order chi connectivity index (χ1) is 10.7. The molecule has 2 fully saturated rings. The molecule has 122 valence electrons. The molecule has 0 saturated carbocycles. The van der Waals surface area contributed by atoms with Gasteiger partial charge in [0.05, 0.1) is 19.8 Å². The Morgan fingerprint density at radius 1 is 1.41 bits per heavy atom. The summed E-state index contributed by atoms with van der Waals surface area (Å²) in [5.41, 5.74) is 1.14. The fourth-order valence-electron chi connectivity index (χ4n) is 3.72. The SMILES string of the molecule is COc1cc(Cl)ccc1CN1CCC[C@@H]1[C@H]1COCC[C@@H]1O. The van der Waals surface area contributed by atoms with Crippen molar-refractivity contribution in [3.63, 3.8) is 0 Å². The number of nitrogens with zero attached hydrogens (tertiary/aromatic N) is 1. The van der Waals surface area contributed by atoms with Gasteiger partial charge in [-0.15, -0.1) is 0 Å². The molecule has 2 heterocycles. The van der Waals surface area contributed by atoms with Gasteiger partial charge >= 0.3 is 0 Å². The smallest absolute Gasteiger partial charge is 0.124 e. The Bertz CT molecular complexity index is 511. The van der Waals surface area contributed by atoms with Gasteiger partial charge in [-0.1, -0.05) is 17.7 Å². The van der Waals surface area contributed by atoms with Crippen LogP contribution in [0.1, 0.15) is 24.8 Å². The molecule has 0 unspecified atom stereocenters. The first kappa shape index (κ1) is 16.1. The molecule has 22 heavy (non-hydrogen) atoms. The summed E-state index contributed by atoms with van der Waals surface area (Å²) in [5, 5.41) is 11.0. The topological polar surface area (TPSA) is 41.9 Å². The number of hydrogen-bond donors (Lipinski definition) is 1. The zero-order valence-electron chi connectivity index (χ0n) is 13.0. The Morgan fingerprint density at radius 2 is 2.27 bits per heavy atom. The van der Waals surface area contributed by atoms with Crippen LogP contribution in [0.4, 0.5) is 0 Å². The van der Waals surface area contributed by atoms with Crippen molar-refractivity contribution in [3.05, 3.63) is 28.8 Å². The van der Waals surface area contributed by atoms with Gasteiger partial charge in [0, 0.05) is 35.7 Å². The van der Waals surface area contributed by atoms with Crippen molar-refractivity contribution in [3.8, 4) is 5.75 Å². The second kappa shape index (κ2) is 7.18. The van der Waals surface area contributed by atoms with E-state index in [1.165, 1.54) is 6.42 Å². The highest BCUT2D eigenvalue weighted by Gasteiger charge is 2.37. The maximum Gasteiger partial charge on any atom is 0.124 e. The molecule has 1 N–H and O–H groups in total. The highest BCUT2D eigenvalue weighted by atomic mass is 35.5. The largest absolute Gasteiger partial charge is 0.496 e. The van der Waals surface area contributed by atoms with Crippen LogP contribution in [0.15, 0.2) is 18.2 Å². The summed E-state index contributed by atoms with van der Waals surface area (Å²) in [5.74, 6) is 1.05. The van der Waals surface area contributed by atoms with Crippen LogP contribution in [0.5, 0.6) is 5.75 Å². The van der Waals surface area contributed by atoms with Crippen LogP contribution in [0.3, 0.4) is 0 Å². The number of likely N-dealkylation sites (tertiary alicyclic amines) is 1. The van der Waals surface area contributed by atoms with E-state index in [9.17, 15) is 5.11 Å². The summed E-state index contributed by atoms with van der Waals surface area (Å²) in [6, 6.07) is 6.18. The van der Waals surface area contributed by atoms with E-state index in [-0.39, 0.29) is 12.0 Å². The van der Waals surface area contributed by atoms with Gasteiger partial charge in [0.25, 0.3) is 0 Å². The van der Waals surface area contributed by atoms with E-state index in [0.717, 1.165) is 37.2 Å². The van der Waals surface area contributed by atoms with Crippen molar-refractivity contribution in [2.24, 2.45) is 5.92 Å². The van der Waals surface area contributed by atoms with E-state index in [1.54, 1.807) is 7.11 Å². The fraction of sp³-hybridized carbons (Fsp3) is 0.647. The van der Waals surface area contributed by atoms with Crippen LogP contribution in [0.2, 0.25) is 5.02 Å². The zero-order chi connectivity index (χ0) is 15.5.